The molecule has 2 heteroatoms. The maximum absolute atomic E-state index is 9.59. The summed E-state index contributed by atoms with van der Waals surface area (Å²) in [4.78, 5) is 2.64. The molecule has 2 nitrogen and oxygen atoms in total. The van der Waals surface area contributed by atoms with Gasteiger partial charge in [0.15, 0.2) is 0 Å². The Morgan fingerprint density at radius 1 is 1.05 bits per heavy atom. The smallest absolute Gasteiger partial charge is 0.0527 e. The van der Waals surface area contributed by atoms with E-state index in [4.69, 9.17) is 0 Å². The van der Waals surface area contributed by atoms with Gasteiger partial charge < -0.3 is 10.0 Å². The predicted octanol–water partition coefficient (Wildman–Crippen LogP) is 4.36. The number of rotatable bonds is 10. The van der Waals surface area contributed by atoms with Crippen LogP contribution in [-0.2, 0) is 0 Å². The molecule has 114 valence electrons. The summed E-state index contributed by atoms with van der Waals surface area (Å²) in [5.74, 6) is 0. The molecule has 1 rings (SSSR count). The third-order valence-electron chi connectivity index (χ3n) is 4.41. The highest BCUT2D eigenvalue weighted by Gasteiger charge is 2.22. The van der Waals surface area contributed by atoms with Gasteiger partial charge in [0, 0.05) is 6.04 Å². The van der Waals surface area contributed by atoms with E-state index in [9.17, 15) is 5.11 Å². The monoisotopic (exact) mass is 269 g/mol. The summed E-state index contributed by atoms with van der Waals surface area (Å²) >= 11 is 0. The Kier molecular flexibility index (Phi) is 9.54. The molecule has 0 spiro atoms. The molecular formula is C17H35NO. The quantitative estimate of drug-likeness (QED) is 0.596. The first kappa shape index (κ1) is 17.0. The fraction of sp³-hybridized carbons (Fsp3) is 1.00. The first-order valence-corrected chi connectivity index (χ1v) is 8.66. The van der Waals surface area contributed by atoms with Gasteiger partial charge in [-0.25, -0.2) is 0 Å². The second-order valence-corrected chi connectivity index (χ2v) is 6.39. The largest absolute Gasteiger partial charge is 0.393 e. The highest BCUT2D eigenvalue weighted by Crippen LogP contribution is 2.21. The maximum atomic E-state index is 9.59. The van der Waals surface area contributed by atoms with Crippen LogP contribution in [0.2, 0.25) is 0 Å². The zero-order valence-corrected chi connectivity index (χ0v) is 13.2. The van der Waals surface area contributed by atoms with Crippen molar-refractivity contribution in [2.45, 2.75) is 96.6 Å². The Morgan fingerprint density at radius 3 is 2.42 bits per heavy atom. The van der Waals surface area contributed by atoms with Crippen LogP contribution < -0.4 is 0 Å². The number of nitrogens with zero attached hydrogens (tertiary/aromatic N) is 1. The third kappa shape index (κ3) is 7.94. The van der Waals surface area contributed by atoms with Crippen LogP contribution in [0.3, 0.4) is 0 Å². The van der Waals surface area contributed by atoms with Crippen molar-refractivity contribution in [3.05, 3.63) is 0 Å². The van der Waals surface area contributed by atoms with Gasteiger partial charge in [0.2, 0.25) is 0 Å². The Balaban J connectivity index is 2.08. The SMILES string of the molecule is CCCCCCCCCN1CCCCC1CC(C)O. The van der Waals surface area contributed by atoms with Crippen LogP contribution in [0.5, 0.6) is 0 Å². The van der Waals surface area contributed by atoms with E-state index in [-0.39, 0.29) is 6.10 Å². The van der Waals surface area contributed by atoms with Crippen LogP contribution in [0.25, 0.3) is 0 Å². The predicted molar refractivity (Wildman–Crippen MR) is 83.5 cm³/mol. The van der Waals surface area contributed by atoms with Gasteiger partial charge in [-0.05, 0) is 45.7 Å². The van der Waals surface area contributed by atoms with Crippen LogP contribution in [-0.4, -0.2) is 35.2 Å². The van der Waals surface area contributed by atoms with Crippen molar-refractivity contribution in [1.82, 2.24) is 4.90 Å². The summed E-state index contributed by atoms with van der Waals surface area (Å²) in [7, 11) is 0. The van der Waals surface area contributed by atoms with E-state index < -0.39 is 0 Å². The minimum absolute atomic E-state index is 0.139. The van der Waals surface area contributed by atoms with Crippen LogP contribution >= 0.6 is 0 Å². The van der Waals surface area contributed by atoms with Crippen molar-refractivity contribution in [3.8, 4) is 0 Å². The molecule has 0 amide bonds. The summed E-state index contributed by atoms with van der Waals surface area (Å²) in [6.45, 7) is 6.72. The molecule has 0 aliphatic carbocycles. The molecule has 0 aromatic carbocycles. The number of hydrogen-bond donors (Lipinski definition) is 1. The zero-order chi connectivity index (χ0) is 13.9. The molecule has 1 fully saturated rings. The summed E-state index contributed by atoms with van der Waals surface area (Å²) in [6.07, 6.45) is 14.6. The summed E-state index contributed by atoms with van der Waals surface area (Å²) in [5.41, 5.74) is 0. The molecule has 0 aromatic heterocycles. The van der Waals surface area contributed by atoms with Crippen LogP contribution in [0, 0.1) is 0 Å². The molecule has 2 unspecified atom stereocenters. The lowest BCUT2D eigenvalue weighted by atomic mass is 9.97. The Morgan fingerprint density at radius 2 is 1.74 bits per heavy atom. The van der Waals surface area contributed by atoms with Gasteiger partial charge in [0.1, 0.15) is 0 Å². The average molecular weight is 269 g/mol. The molecule has 1 aliphatic rings. The second-order valence-electron chi connectivity index (χ2n) is 6.39. The lowest BCUT2D eigenvalue weighted by Gasteiger charge is -2.36. The highest BCUT2D eigenvalue weighted by atomic mass is 16.3. The van der Waals surface area contributed by atoms with Crippen LogP contribution in [0.4, 0.5) is 0 Å². The van der Waals surface area contributed by atoms with E-state index in [1.54, 1.807) is 0 Å². The van der Waals surface area contributed by atoms with Crippen molar-refractivity contribution >= 4 is 0 Å². The second kappa shape index (κ2) is 10.7. The van der Waals surface area contributed by atoms with Crippen molar-refractivity contribution in [3.63, 3.8) is 0 Å². The lowest BCUT2D eigenvalue weighted by Crippen LogP contribution is -2.41. The molecule has 2 atom stereocenters. The Bertz CT molecular complexity index is 205. The standard InChI is InChI=1S/C17H35NO/c1-3-4-5-6-7-8-10-13-18-14-11-9-12-17(18)15-16(2)19/h16-17,19H,3-15H2,1-2H3. The van der Waals surface area contributed by atoms with E-state index in [1.807, 2.05) is 6.92 Å². The zero-order valence-electron chi connectivity index (χ0n) is 13.2. The molecule has 1 heterocycles. The summed E-state index contributed by atoms with van der Waals surface area (Å²) < 4.78 is 0. The molecular weight excluding hydrogens is 234 g/mol. The van der Waals surface area contributed by atoms with Crippen molar-refractivity contribution in [2.75, 3.05) is 13.1 Å². The number of likely N-dealkylation sites (tertiary alicyclic amines) is 1. The van der Waals surface area contributed by atoms with Gasteiger partial charge >= 0.3 is 0 Å². The van der Waals surface area contributed by atoms with E-state index in [0.29, 0.717) is 6.04 Å². The van der Waals surface area contributed by atoms with E-state index in [0.717, 1.165) is 6.42 Å². The van der Waals surface area contributed by atoms with Gasteiger partial charge in [0.25, 0.3) is 0 Å². The molecule has 0 radical (unpaired) electrons. The first-order valence-electron chi connectivity index (χ1n) is 8.66. The van der Waals surface area contributed by atoms with Crippen LogP contribution in [0.1, 0.15) is 84.5 Å². The molecule has 1 N–H and O–H groups in total. The van der Waals surface area contributed by atoms with Crippen molar-refractivity contribution < 1.29 is 5.11 Å². The van der Waals surface area contributed by atoms with E-state index in [2.05, 4.69) is 11.8 Å². The molecule has 1 saturated heterocycles. The molecule has 19 heavy (non-hydrogen) atoms. The molecule has 0 saturated carbocycles. The van der Waals surface area contributed by atoms with Gasteiger partial charge in [-0.1, -0.05) is 51.9 Å². The maximum Gasteiger partial charge on any atom is 0.0527 e. The minimum Gasteiger partial charge on any atom is -0.393 e. The number of unbranched alkanes of at least 4 members (excludes halogenated alkanes) is 6. The van der Waals surface area contributed by atoms with Crippen LogP contribution in [0.15, 0.2) is 0 Å². The minimum atomic E-state index is -0.139. The lowest BCUT2D eigenvalue weighted by molar-refractivity contribution is 0.0855. The van der Waals surface area contributed by atoms with Gasteiger partial charge in [-0.2, -0.15) is 0 Å². The van der Waals surface area contributed by atoms with Crippen molar-refractivity contribution in [1.29, 1.82) is 0 Å². The van der Waals surface area contributed by atoms with E-state index >= 15 is 0 Å². The third-order valence-corrected chi connectivity index (χ3v) is 4.41. The topological polar surface area (TPSA) is 23.5 Å². The molecule has 0 bridgehead atoms. The Labute approximate surface area is 120 Å². The molecule has 0 aromatic rings. The number of aliphatic hydroxyl groups is 1. The average Bonchev–Trinajstić information content (AvgIpc) is 2.39. The van der Waals surface area contributed by atoms with Gasteiger partial charge in [0.05, 0.1) is 6.10 Å². The fourth-order valence-corrected chi connectivity index (χ4v) is 3.29. The fourth-order valence-electron chi connectivity index (χ4n) is 3.29. The normalized spacial score (nSPS) is 22.6. The highest BCUT2D eigenvalue weighted by molar-refractivity contribution is 4.78. The van der Waals surface area contributed by atoms with Crippen molar-refractivity contribution in [2.24, 2.45) is 0 Å². The summed E-state index contributed by atoms with van der Waals surface area (Å²) in [5, 5.41) is 9.59. The van der Waals surface area contributed by atoms with Gasteiger partial charge in [-0.15, -0.1) is 0 Å². The molecule has 1 aliphatic heterocycles. The number of hydrogen-bond acceptors (Lipinski definition) is 2. The Hall–Kier alpha value is -0.0800. The summed E-state index contributed by atoms with van der Waals surface area (Å²) in [6, 6.07) is 0.647. The first-order chi connectivity index (χ1) is 9.24. The van der Waals surface area contributed by atoms with E-state index in [1.165, 1.54) is 77.3 Å². The number of piperidine rings is 1. The van der Waals surface area contributed by atoms with Gasteiger partial charge in [-0.3, -0.25) is 0 Å². The number of aliphatic hydroxyl groups excluding tert-OH is 1.